The molecular weight excluding hydrogens is 283 g/mol. The maximum atomic E-state index is 13.3. The Kier molecular flexibility index (Phi) is 3.97. The zero-order valence-corrected chi connectivity index (χ0v) is 11.3. The van der Waals surface area contributed by atoms with Crippen LogP contribution in [0.3, 0.4) is 0 Å². The number of methoxy groups -OCH3 is 2. The molecule has 0 fully saturated rings. The van der Waals surface area contributed by atoms with Crippen LogP contribution in [0.4, 0.5) is 4.39 Å². The molecule has 112 valence electrons. The number of rotatable bonds is 4. The van der Waals surface area contributed by atoms with Crippen LogP contribution >= 0.6 is 0 Å². The largest absolute Gasteiger partial charge is 0.493 e. The molecule has 0 aliphatic carbocycles. The molecule has 0 saturated heterocycles. The third-order valence-electron chi connectivity index (χ3n) is 2.91. The fourth-order valence-corrected chi connectivity index (χ4v) is 1.84. The summed E-state index contributed by atoms with van der Waals surface area (Å²) in [7, 11) is 2.93. The number of aromatic hydroxyl groups is 1. The van der Waals surface area contributed by atoms with Crippen LogP contribution in [0.15, 0.2) is 27.8 Å². The highest BCUT2D eigenvalue weighted by molar-refractivity contribution is 5.43. The molecule has 1 aromatic heterocycles. The van der Waals surface area contributed by atoms with Crippen molar-refractivity contribution in [1.82, 2.24) is 9.55 Å². The van der Waals surface area contributed by atoms with Gasteiger partial charge < -0.3 is 14.6 Å². The van der Waals surface area contributed by atoms with Gasteiger partial charge >= 0.3 is 5.69 Å². The number of aromatic amines is 1. The van der Waals surface area contributed by atoms with Gasteiger partial charge in [-0.25, -0.2) is 4.79 Å². The summed E-state index contributed by atoms with van der Waals surface area (Å²) in [6, 6.07) is 4.81. The quantitative estimate of drug-likeness (QED) is 0.854. The maximum absolute atomic E-state index is 13.3. The lowest BCUT2D eigenvalue weighted by atomic mass is 10.2. The van der Waals surface area contributed by atoms with E-state index >= 15 is 0 Å². The Balaban J connectivity index is 2.46. The van der Waals surface area contributed by atoms with Crippen molar-refractivity contribution in [2.45, 2.75) is 6.54 Å². The van der Waals surface area contributed by atoms with Gasteiger partial charge in [-0.3, -0.25) is 14.3 Å². The number of hydrogen-bond acceptors (Lipinski definition) is 5. The Hall–Kier alpha value is -2.77. The number of nitrogens with one attached hydrogen (secondary N) is 1. The van der Waals surface area contributed by atoms with Gasteiger partial charge in [0.1, 0.15) is 0 Å². The van der Waals surface area contributed by atoms with E-state index in [0.717, 1.165) is 0 Å². The van der Waals surface area contributed by atoms with Crippen LogP contribution in [0, 0.1) is 5.82 Å². The SMILES string of the molecule is COc1ccc(Cn2c(O)c(F)c(=O)[nH]c2=O)cc1OC. The monoisotopic (exact) mass is 296 g/mol. The molecule has 0 atom stereocenters. The zero-order valence-electron chi connectivity index (χ0n) is 11.3. The lowest BCUT2D eigenvalue weighted by Crippen LogP contribution is -2.32. The van der Waals surface area contributed by atoms with Crippen molar-refractivity contribution in [3.05, 3.63) is 50.4 Å². The van der Waals surface area contributed by atoms with E-state index in [1.807, 2.05) is 0 Å². The average molecular weight is 296 g/mol. The van der Waals surface area contributed by atoms with Crippen LogP contribution in [0.5, 0.6) is 17.4 Å². The molecule has 0 saturated carbocycles. The molecular formula is C13H13FN2O5. The second-order valence-corrected chi connectivity index (χ2v) is 4.17. The van der Waals surface area contributed by atoms with Gasteiger partial charge in [0.05, 0.1) is 20.8 Å². The Morgan fingerprint density at radius 2 is 1.90 bits per heavy atom. The van der Waals surface area contributed by atoms with Crippen molar-refractivity contribution in [1.29, 1.82) is 0 Å². The molecule has 0 aliphatic rings. The molecule has 0 aliphatic heterocycles. The standard InChI is InChI=1S/C13H13FN2O5/c1-20-8-4-3-7(5-9(8)21-2)6-16-12(18)10(14)11(17)15-13(16)19/h3-5,18H,6H2,1-2H3,(H,15,17,19). The molecule has 7 nitrogen and oxygen atoms in total. The minimum Gasteiger partial charge on any atom is -0.493 e. The van der Waals surface area contributed by atoms with Crippen molar-refractivity contribution in [2.24, 2.45) is 0 Å². The Morgan fingerprint density at radius 3 is 2.52 bits per heavy atom. The number of nitrogens with zero attached hydrogens (tertiary/aromatic N) is 1. The fourth-order valence-electron chi connectivity index (χ4n) is 1.84. The first-order valence-electron chi connectivity index (χ1n) is 5.90. The summed E-state index contributed by atoms with van der Waals surface area (Å²) in [5.74, 6) is -1.51. The number of hydrogen-bond donors (Lipinski definition) is 2. The van der Waals surface area contributed by atoms with E-state index in [1.165, 1.54) is 14.2 Å². The summed E-state index contributed by atoms with van der Waals surface area (Å²) < 4.78 is 24.2. The third-order valence-corrected chi connectivity index (χ3v) is 2.91. The highest BCUT2D eigenvalue weighted by Gasteiger charge is 2.14. The molecule has 0 unspecified atom stereocenters. The van der Waals surface area contributed by atoms with Gasteiger partial charge in [-0.15, -0.1) is 0 Å². The molecule has 2 aromatic rings. The van der Waals surface area contributed by atoms with E-state index in [-0.39, 0.29) is 6.54 Å². The summed E-state index contributed by atoms with van der Waals surface area (Å²) in [5.41, 5.74) is -1.62. The molecule has 2 rings (SSSR count). The van der Waals surface area contributed by atoms with Gasteiger partial charge in [0.2, 0.25) is 11.7 Å². The molecule has 0 spiro atoms. The van der Waals surface area contributed by atoms with Gasteiger partial charge in [-0.05, 0) is 17.7 Å². The summed E-state index contributed by atoms with van der Waals surface area (Å²) >= 11 is 0. The molecule has 0 bridgehead atoms. The highest BCUT2D eigenvalue weighted by Crippen LogP contribution is 2.28. The molecule has 0 amide bonds. The fraction of sp³-hybridized carbons (Fsp3) is 0.231. The third kappa shape index (κ3) is 2.73. The first-order chi connectivity index (χ1) is 9.97. The van der Waals surface area contributed by atoms with Crippen LogP contribution in [-0.2, 0) is 6.54 Å². The van der Waals surface area contributed by atoms with Crippen LogP contribution in [0.1, 0.15) is 5.56 Å². The second kappa shape index (κ2) is 5.70. The lowest BCUT2D eigenvalue weighted by Gasteiger charge is -2.11. The summed E-state index contributed by atoms with van der Waals surface area (Å²) in [4.78, 5) is 24.4. The molecule has 1 heterocycles. The van der Waals surface area contributed by atoms with Crippen molar-refractivity contribution in [2.75, 3.05) is 14.2 Å². The van der Waals surface area contributed by atoms with Crippen molar-refractivity contribution in [3.8, 4) is 17.4 Å². The smallest absolute Gasteiger partial charge is 0.331 e. The Labute approximate surface area is 118 Å². The van der Waals surface area contributed by atoms with E-state index in [2.05, 4.69) is 0 Å². The van der Waals surface area contributed by atoms with Gasteiger partial charge in [0.15, 0.2) is 11.5 Å². The van der Waals surface area contributed by atoms with Gasteiger partial charge in [-0.2, -0.15) is 4.39 Å². The zero-order chi connectivity index (χ0) is 15.6. The Morgan fingerprint density at radius 1 is 1.24 bits per heavy atom. The number of benzene rings is 1. The van der Waals surface area contributed by atoms with Crippen molar-refractivity contribution >= 4 is 0 Å². The van der Waals surface area contributed by atoms with E-state index in [9.17, 15) is 19.1 Å². The van der Waals surface area contributed by atoms with E-state index < -0.39 is 22.9 Å². The lowest BCUT2D eigenvalue weighted by molar-refractivity contribution is 0.353. The van der Waals surface area contributed by atoms with Gasteiger partial charge in [0, 0.05) is 0 Å². The Bertz CT molecular complexity index is 781. The summed E-state index contributed by atoms with van der Waals surface area (Å²) in [6.45, 7) is -0.140. The first kappa shape index (κ1) is 14.6. The predicted octanol–water partition coefficient (Wildman–Crippen LogP) is 0.447. The average Bonchev–Trinajstić information content (AvgIpc) is 2.49. The van der Waals surface area contributed by atoms with Crippen LogP contribution in [0.2, 0.25) is 0 Å². The summed E-state index contributed by atoms with van der Waals surface area (Å²) in [6.07, 6.45) is 0. The predicted molar refractivity (Wildman–Crippen MR) is 71.6 cm³/mol. The summed E-state index contributed by atoms with van der Waals surface area (Å²) in [5, 5.41) is 9.56. The van der Waals surface area contributed by atoms with E-state index in [0.29, 0.717) is 21.6 Å². The normalized spacial score (nSPS) is 10.4. The van der Waals surface area contributed by atoms with Crippen LogP contribution in [0.25, 0.3) is 0 Å². The van der Waals surface area contributed by atoms with Gasteiger partial charge in [0.25, 0.3) is 5.56 Å². The highest BCUT2D eigenvalue weighted by atomic mass is 19.1. The van der Waals surface area contributed by atoms with Crippen LogP contribution in [-0.4, -0.2) is 28.9 Å². The van der Waals surface area contributed by atoms with E-state index in [1.54, 1.807) is 23.2 Å². The minimum absolute atomic E-state index is 0.140. The molecule has 0 radical (unpaired) electrons. The molecule has 8 heteroatoms. The second-order valence-electron chi connectivity index (χ2n) is 4.17. The number of H-pyrrole nitrogens is 1. The van der Waals surface area contributed by atoms with Crippen molar-refractivity contribution in [3.63, 3.8) is 0 Å². The molecule has 21 heavy (non-hydrogen) atoms. The van der Waals surface area contributed by atoms with E-state index in [4.69, 9.17) is 9.47 Å². The first-order valence-corrected chi connectivity index (χ1v) is 5.90. The molecule has 2 N–H and O–H groups in total. The van der Waals surface area contributed by atoms with Gasteiger partial charge in [-0.1, -0.05) is 6.07 Å². The molecule has 1 aromatic carbocycles. The minimum atomic E-state index is -1.41. The maximum Gasteiger partial charge on any atom is 0.331 e. The van der Waals surface area contributed by atoms with Crippen molar-refractivity contribution < 1.29 is 19.0 Å². The number of ether oxygens (including phenoxy) is 2. The number of halogens is 1. The van der Waals surface area contributed by atoms with Crippen LogP contribution < -0.4 is 20.7 Å². The topological polar surface area (TPSA) is 93.5 Å². The number of aromatic nitrogens is 2.